The summed E-state index contributed by atoms with van der Waals surface area (Å²) in [7, 11) is -2.83. The van der Waals surface area contributed by atoms with E-state index in [9.17, 15) is 21.6 Å². The van der Waals surface area contributed by atoms with Gasteiger partial charge in [0, 0.05) is 26.1 Å². The van der Waals surface area contributed by atoms with Crippen LogP contribution in [0.25, 0.3) is 0 Å². The van der Waals surface area contributed by atoms with E-state index in [2.05, 4.69) is 20.5 Å². The molecule has 1 saturated heterocycles. The zero-order chi connectivity index (χ0) is 18.7. The highest BCUT2D eigenvalue weighted by atomic mass is 32.2. The second-order valence-electron chi connectivity index (χ2n) is 6.60. The summed E-state index contributed by atoms with van der Waals surface area (Å²) in [4.78, 5) is 3.94. The lowest BCUT2D eigenvalue weighted by molar-refractivity contribution is -0.192. The number of halogens is 3. The molecule has 1 aliphatic carbocycles. The molecule has 142 valence electrons. The molecular formula is C13H15F3N6O3S. The van der Waals surface area contributed by atoms with Crippen LogP contribution in [0.5, 0.6) is 0 Å². The molecule has 1 unspecified atom stereocenters. The molecule has 26 heavy (non-hydrogen) atoms. The minimum absolute atomic E-state index is 0.0274. The minimum Gasteiger partial charge on any atom is -0.338 e. The zero-order valence-corrected chi connectivity index (χ0v) is 14.5. The molecule has 3 heterocycles. The fourth-order valence-corrected chi connectivity index (χ4v) is 4.63. The standard InChI is InChI=1S/C13H15F3N6O3S/c1-21-9(6-17-20-21)26(23,24)22-5-4-12(7-22,13(14,15)16)11-18-10(19-25-11)8-2-3-8/h6,8H,2-5,7H2,1H3. The van der Waals surface area contributed by atoms with Crippen molar-refractivity contribution in [2.75, 3.05) is 13.1 Å². The minimum atomic E-state index is -4.74. The third-order valence-electron chi connectivity index (χ3n) is 4.85. The van der Waals surface area contributed by atoms with Gasteiger partial charge in [0.1, 0.15) is 0 Å². The fraction of sp³-hybridized carbons (Fsp3) is 0.692. The topological polar surface area (TPSA) is 107 Å². The molecule has 0 N–H and O–H groups in total. The first kappa shape index (κ1) is 17.4. The number of sulfonamides is 1. The number of nitrogens with zero attached hydrogens (tertiary/aromatic N) is 6. The van der Waals surface area contributed by atoms with Gasteiger partial charge in [-0.3, -0.25) is 0 Å². The van der Waals surface area contributed by atoms with Crippen molar-refractivity contribution < 1.29 is 26.1 Å². The quantitative estimate of drug-likeness (QED) is 0.763. The molecular weight excluding hydrogens is 377 g/mol. The molecule has 1 aliphatic heterocycles. The van der Waals surface area contributed by atoms with E-state index in [4.69, 9.17) is 4.52 Å². The van der Waals surface area contributed by atoms with Crippen LogP contribution in [0.15, 0.2) is 15.7 Å². The van der Waals surface area contributed by atoms with Crippen molar-refractivity contribution in [1.82, 2.24) is 29.4 Å². The molecule has 0 bridgehead atoms. The number of aromatic nitrogens is 5. The molecule has 0 radical (unpaired) electrons. The van der Waals surface area contributed by atoms with Gasteiger partial charge >= 0.3 is 6.18 Å². The molecule has 0 spiro atoms. The summed E-state index contributed by atoms with van der Waals surface area (Å²) in [5.74, 6) is -0.298. The van der Waals surface area contributed by atoms with E-state index in [-0.39, 0.29) is 23.3 Å². The van der Waals surface area contributed by atoms with Crippen LogP contribution in [-0.4, -0.2) is 57.1 Å². The molecule has 0 amide bonds. The monoisotopic (exact) mass is 392 g/mol. The highest BCUT2D eigenvalue weighted by molar-refractivity contribution is 7.89. The van der Waals surface area contributed by atoms with Crippen LogP contribution in [0.3, 0.4) is 0 Å². The van der Waals surface area contributed by atoms with Gasteiger partial charge in [0.25, 0.3) is 10.0 Å². The Hall–Kier alpha value is -2.02. The number of alkyl halides is 3. The third kappa shape index (κ3) is 2.52. The Morgan fingerprint density at radius 3 is 2.65 bits per heavy atom. The summed E-state index contributed by atoms with van der Waals surface area (Å²) in [5, 5.41) is 10.4. The predicted molar refractivity (Wildman–Crippen MR) is 78.4 cm³/mol. The van der Waals surface area contributed by atoms with E-state index in [1.165, 1.54) is 7.05 Å². The summed E-state index contributed by atoms with van der Waals surface area (Å²) in [6, 6.07) is 0. The second kappa shape index (κ2) is 5.49. The molecule has 2 fully saturated rings. The van der Waals surface area contributed by atoms with E-state index >= 15 is 0 Å². The van der Waals surface area contributed by atoms with Crippen LogP contribution in [0, 0.1) is 0 Å². The van der Waals surface area contributed by atoms with Crippen LogP contribution in [-0.2, 0) is 22.5 Å². The summed E-state index contributed by atoms with van der Waals surface area (Å²) < 4.78 is 73.8. The van der Waals surface area contributed by atoms with Crippen LogP contribution >= 0.6 is 0 Å². The lowest BCUT2D eigenvalue weighted by atomic mass is 9.86. The van der Waals surface area contributed by atoms with Gasteiger partial charge < -0.3 is 4.52 Å². The van der Waals surface area contributed by atoms with Crippen molar-refractivity contribution in [1.29, 1.82) is 0 Å². The lowest BCUT2D eigenvalue weighted by Crippen LogP contribution is -2.46. The van der Waals surface area contributed by atoms with Gasteiger partial charge in [-0.15, -0.1) is 5.10 Å². The van der Waals surface area contributed by atoms with E-state index < -0.39 is 40.5 Å². The smallest absolute Gasteiger partial charge is 0.338 e. The van der Waals surface area contributed by atoms with Gasteiger partial charge in [-0.25, -0.2) is 13.1 Å². The second-order valence-corrected chi connectivity index (χ2v) is 8.48. The van der Waals surface area contributed by atoms with E-state index in [0.29, 0.717) is 0 Å². The predicted octanol–water partition coefficient (Wildman–Crippen LogP) is 0.970. The van der Waals surface area contributed by atoms with Gasteiger partial charge in [-0.05, 0) is 19.3 Å². The zero-order valence-electron chi connectivity index (χ0n) is 13.6. The van der Waals surface area contributed by atoms with E-state index in [0.717, 1.165) is 28.0 Å². The van der Waals surface area contributed by atoms with Crippen LogP contribution in [0.4, 0.5) is 13.2 Å². The largest absolute Gasteiger partial charge is 0.404 e. The Morgan fingerprint density at radius 2 is 2.08 bits per heavy atom. The summed E-state index contributed by atoms with van der Waals surface area (Å²) in [6.45, 7) is -1.15. The Bertz CT molecular complexity index is 935. The normalized spacial score (nSPS) is 25.1. The van der Waals surface area contributed by atoms with Gasteiger partial charge in [0.05, 0.1) is 6.20 Å². The van der Waals surface area contributed by atoms with Gasteiger partial charge in [0.2, 0.25) is 5.89 Å². The van der Waals surface area contributed by atoms with Crippen LogP contribution < -0.4 is 0 Å². The van der Waals surface area contributed by atoms with Crippen molar-refractivity contribution in [3.8, 4) is 0 Å². The SMILES string of the molecule is Cn1nncc1S(=O)(=O)N1CCC(c2nc(C3CC3)no2)(C(F)(F)F)C1. The fourth-order valence-electron chi connectivity index (χ4n) is 3.09. The van der Waals surface area contributed by atoms with Crippen molar-refractivity contribution in [3.05, 3.63) is 17.9 Å². The highest BCUT2D eigenvalue weighted by Crippen LogP contribution is 2.49. The van der Waals surface area contributed by atoms with E-state index in [1.54, 1.807) is 0 Å². The molecule has 2 aliphatic rings. The maximum Gasteiger partial charge on any atom is 0.404 e. The Kier molecular flexibility index (Phi) is 3.67. The maximum atomic E-state index is 13.9. The molecule has 9 nitrogen and oxygen atoms in total. The first-order chi connectivity index (χ1) is 12.1. The molecule has 4 rings (SSSR count). The summed E-state index contributed by atoms with van der Waals surface area (Å²) in [6.07, 6.45) is -2.61. The Morgan fingerprint density at radius 1 is 1.35 bits per heavy atom. The molecule has 0 aromatic carbocycles. The lowest BCUT2D eigenvalue weighted by Gasteiger charge is -2.27. The first-order valence-electron chi connectivity index (χ1n) is 7.91. The molecule has 2 aromatic heterocycles. The third-order valence-corrected chi connectivity index (χ3v) is 6.74. The van der Waals surface area contributed by atoms with Crippen LogP contribution in [0.2, 0.25) is 0 Å². The number of hydrogen-bond acceptors (Lipinski definition) is 7. The highest BCUT2D eigenvalue weighted by Gasteiger charge is 2.64. The summed E-state index contributed by atoms with van der Waals surface area (Å²) in [5.41, 5.74) is -2.52. The van der Waals surface area contributed by atoms with Gasteiger partial charge in [-0.1, -0.05) is 10.4 Å². The molecule has 13 heteroatoms. The average molecular weight is 392 g/mol. The van der Waals surface area contributed by atoms with Crippen molar-refractivity contribution >= 4 is 10.0 Å². The van der Waals surface area contributed by atoms with Crippen LogP contribution in [0.1, 0.15) is 36.9 Å². The van der Waals surface area contributed by atoms with Gasteiger partial charge in [0.15, 0.2) is 16.3 Å². The number of hydrogen-bond donors (Lipinski definition) is 0. The molecule has 1 atom stereocenters. The maximum absolute atomic E-state index is 13.9. The molecule has 1 saturated carbocycles. The summed E-state index contributed by atoms with van der Waals surface area (Å²) >= 11 is 0. The Labute approximate surface area is 146 Å². The first-order valence-corrected chi connectivity index (χ1v) is 9.35. The number of aryl methyl sites for hydroxylation is 1. The van der Waals surface area contributed by atoms with Crippen molar-refractivity contribution in [3.63, 3.8) is 0 Å². The molecule has 2 aromatic rings. The van der Waals surface area contributed by atoms with Crippen molar-refractivity contribution in [2.24, 2.45) is 7.05 Å². The van der Waals surface area contributed by atoms with Gasteiger partial charge in [-0.2, -0.15) is 22.5 Å². The van der Waals surface area contributed by atoms with E-state index in [1.807, 2.05) is 0 Å². The number of rotatable bonds is 4. The Balaban J connectivity index is 1.70. The van der Waals surface area contributed by atoms with Crippen molar-refractivity contribution in [2.45, 2.75) is 41.8 Å². The average Bonchev–Trinajstić information content (AvgIpc) is 3.00.